The zero-order valence-electron chi connectivity index (χ0n) is 19.5. The molecule has 1 atom stereocenters. The monoisotopic (exact) mass is 456 g/mol. The predicted molar refractivity (Wildman–Crippen MR) is 131 cm³/mol. The third kappa shape index (κ3) is 4.76. The molecule has 1 aliphatic heterocycles. The molecule has 3 aromatic heterocycles. The predicted octanol–water partition coefficient (Wildman–Crippen LogP) is 4.27. The maximum atomic E-state index is 12.9. The van der Waals surface area contributed by atoms with E-state index >= 15 is 0 Å². The smallest absolute Gasteiger partial charge is 0.223 e. The number of aromatic nitrogens is 4. The Labute approximate surface area is 198 Å². The number of rotatable bonds is 7. The molecule has 8 heteroatoms. The summed E-state index contributed by atoms with van der Waals surface area (Å²) in [4.78, 5) is 29.0. The second-order valence-electron chi connectivity index (χ2n) is 8.90. The Morgan fingerprint density at radius 3 is 2.91 bits per heavy atom. The lowest BCUT2D eigenvalue weighted by Gasteiger charge is -2.33. The average molecular weight is 457 g/mol. The van der Waals surface area contributed by atoms with Crippen LogP contribution in [0.1, 0.15) is 35.4 Å². The highest BCUT2D eigenvalue weighted by Gasteiger charge is 2.28. The number of fused-ring (bicyclic) bond motifs is 1. The van der Waals surface area contributed by atoms with Crippen molar-refractivity contribution in [3.8, 4) is 0 Å². The van der Waals surface area contributed by atoms with Gasteiger partial charge in [-0.3, -0.25) is 4.79 Å². The summed E-state index contributed by atoms with van der Waals surface area (Å²) in [7, 11) is 0. The molecule has 0 spiro atoms. The molecule has 4 aromatic rings. The van der Waals surface area contributed by atoms with Crippen LogP contribution in [0.15, 0.2) is 53.3 Å². The van der Waals surface area contributed by atoms with Crippen LogP contribution in [0.4, 0.5) is 11.8 Å². The Hall–Kier alpha value is -3.81. The molecular weight excluding hydrogens is 428 g/mol. The van der Waals surface area contributed by atoms with E-state index in [1.54, 1.807) is 6.20 Å². The van der Waals surface area contributed by atoms with Crippen LogP contribution in [0.2, 0.25) is 0 Å². The van der Waals surface area contributed by atoms with Crippen molar-refractivity contribution in [1.82, 2.24) is 20.1 Å². The molecule has 0 radical (unpaired) electrons. The van der Waals surface area contributed by atoms with E-state index in [1.807, 2.05) is 37.4 Å². The number of carbonyl (C=O) groups excluding carboxylic acids is 1. The average Bonchev–Trinajstić information content (AvgIpc) is 3.27. The van der Waals surface area contributed by atoms with Crippen LogP contribution < -0.4 is 10.2 Å². The number of aryl methyl sites for hydroxylation is 2. The van der Waals surface area contributed by atoms with Crippen molar-refractivity contribution >= 4 is 28.5 Å². The number of ketones is 1. The fourth-order valence-electron chi connectivity index (χ4n) is 4.52. The molecule has 1 aromatic carbocycles. The fraction of sp³-hybridized carbons (Fsp3) is 0.346. The number of piperidine rings is 1. The van der Waals surface area contributed by atoms with Gasteiger partial charge in [-0.05, 0) is 43.9 Å². The minimum atomic E-state index is -0.0567. The molecule has 0 bridgehead atoms. The van der Waals surface area contributed by atoms with Gasteiger partial charge in [0.05, 0.1) is 23.0 Å². The van der Waals surface area contributed by atoms with Crippen LogP contribution in [0.25, 0.3) is 10.9 Å². The first-order valence-electron chi connectivity index (χ1n) is 11.7. The summed E-state index contributed by atoms with van der Waals surface area (Å²) in [5, 5.41) is 8.19. The van der Waals surface area contributed by atoms with E-state index in [1.165, 1.54) is 11.1 Å². The van der Waals surface area contributed by atoms with E-state index in [-0.39, 0.29) is 11.7 Å². The summed E-state index contributed by atoms with van der Waals surface area (Å²) in [6, 6.07) is 12.0. The zero-order valence-corrected chi connectivity index (χ0v) is 19.5. The number of nitrogens with zero attached hydrogens (tertiary/aromatic N) is 5. The Morgan fingerprint density at radius 2 is 2.09 bits per heavy atom. The molecule has 0 amide bonds. The van der Waals surface area contributed by atoms with Crippen molar-refractivity contribution in [2.45, 2.75) is 39.7 Å². The van der Waals surface area contributed by atoms with Gasteiger partial charge in [-0.25, -0.2) is 15.0 Å². The molecule has 8 nitrogen and oxygen atoms in total. The summed E-state index contributed by atoms with van der Waals surface area (Å²) >= 11 is 0. The molecule has 0 aliphatic carbocycles. The first-order chi connectivity index (χ1) is 16.6. The Balaban J connectivity index is 1.31. The molecule has 4 heterocycles. The van der Waals surface area contributed by atoms with Gasteiger partial charge in [-0.1, -0.05) is 29.4 Å². The van der Waals surface area contributed by atoms with E-state index in [9.17, 15) is 4.79 Å². The largest absolute Gasteiger partial charge is 0.361 e. The number of anilines is 2. The van der Waals surface area contributed by atoms with E-state index in [0.29, 0.717) is 31.2 Å². The molecule has 1 saturated heterocycles. The van der Waals surface area contributed by atoms with Crippen LogP contribution >= 0.6 is 0 Å². The first kappa shape index (κ1) is 22.0. The van der Waals surface area contributed by atoms with Gasteiger partial charge >= 0.3 is 0 Å². The minimum Gasteiger partial charge on any atom is -0.361 e. The van der Waals surface area contributed by atoms with Gasteiger partial charge in [0.15, 0.2) is 0 Å². The van der Waals surface area contributed by atoms with Gasteiger partial charge in [0.1, 0.15) is 17.4 Å². The minimum absolute atomic E-state index is 0.0567. The first-order valence-corrected chi connectivity index (χ1v) is 11.7. The number of hydrogen-bond acceptors (Lipinski definition) is 8. The second kappa shape index (κ2) is 9.59. The summed E-state index contributed by atoms with van der Waals surface area (Å²) in [6.07, 6.45) is 5.72. The molecule has 174 valence electrons. The molecule has 1 N–H and O–H groups in total. The zero-order chi connectivity index (χ0) is 23.5. The fourth-order valence-corrected chi connectivity index (χ4v) is 4.52. The molecule has 5 rings (SSSR count). The molecular formula is C26H28N6O2. The van der Waals surface area contributed by atoms with Crippen LogP contribution in [-0.4, -0.2) is 39.0 Å². The maximum absolute atomic E-state index is 12.9. The van der Waals surface area contributed by atoms with E-state index in [2.05, 4.69) is 44.4 Å². The van der Waals surface area contributed by atoms with Crippen LogP contribution in [0.5, 0.6) is 0 Å². The number of hydrogen-bond donors (Lipinski definition) is 1. The molecule has 34 heavy (non-hydrogen) atoms. The van der Waals surface area contributed by atoms with Crippen LogP contribution in [0.3, 0.4) is 0 Å². The number of benzene rings is 1. The lowest BCUT2D eigenvalue weighted by atomic mass is 9.91. The Kier molecular flexibility index (Phi) is 6.20. The maximum Gasteiger partial charge on any atom is 0.223 e. The number of Topliss-reactive ketones (excluding diaryl/α,β-unsaturated/α-hetero) is 1. The van der Waals surface area contributed by atoms with Gasteiger partial charge < -0.3 is 14.7 Å². The Bertz CT molecular complexity index is 1320. The summed E-state index contributed by atoms with van der Waals surface area (Å²) in [5.41, 5.74) is 3.97. The Morgan fingerprint density at radius 1 is 1.21 bits per heavy atom. The lowest BCUT2D eigenvalue weighted by Crippen LogP contribution is -2.39. The quantitative estimate of drug-likeness (QED) is 0.440. The number of carbonyl (C=O) groups is 1. The summed E-state index contributed by atoms with van der Waals surface area (Å²) < 4.78 is 5.11. The molecule has 1 unspecified atom stereocenters. The number of nitrogens with one attached hydrogen (secondary N) is 1. The summed E-state index contributed by atoms with van der Waals surface area (Å²) in [6.45, 7) is 6.08. The van der Waals surface area contributed by atoms with Crippen molar-refractivity contribution in [2.75, 3.05) is 23.3 Å². The standard InChI is InChI=1S/C26H28N6O2/c1-17-6-3-4-7-19(17)14-28-26-29-15-22-23(30-26)9-10-27-25(22)32-11-5-8-20(16-32)24(33)13-21-12-18(2)34-31-21/h3-4,6-7,9-10,12,15,20H,5,8,11,13-14,16H2,1-2H3,(H,28,29,30). The molecule has 1 aliphatic rings. The van der Waals surface area contributed by atoms with Crippen LogP contribution in [0, 0.1) is 19.8 Å². The van der Waals surface area contributed by atoms with Gasteiger partial charge in [0.2, 0.25) is 5.95 Å². The lowest BCUT2D eigenvalue weighted by molar-refractivity contribution is -0.122. The normalized spacial score (nSPS) is 16.1. The second-order valence-corrected chi connectivity index (χ2v) is 8.90. The van der Waals surface area contributed by atoms with Crippen LogP contribution in [-0.2, 0) is 17.8 Å². The van der Waals surface area contributed by atoms with Gasteiger partial charge in [-0.2, -0.15) is 0 Å². The number of pyridine rings is 1. The molecule has 1 fully saturated rings. The van der Waals surface area contributed by atoms with E-state index < -0.39 is 0 Å². The highest BCUT2D eigenvalue weighted by atomic mass is 16.5. The van der Waals surface area contributed by atoms with Crippen molar-refractivity contribution in [3.05, 3.63) is 71.4 Å². The van der Waals surface area contributed by atoms with Crippen molar-refractivity contribution in [1.29, 1.82) is 0 Å². The van der Waals surface area contributed by atoms with Gasteiger partial charge in [0.25, 0.3) is 0 Å². The topological polar surface area (TPSA) is 97.0 Å². The van der Waals surface area contributed by atoms with Crippen molar-refractivity contribution in [2.24, 2.45) is 5.92 Å². The highest BCUT2D eigenvalue weighted by molar-refractivity contribution is 5.90. The highest BCUT2D eigenvalue weighted by Crippen LogP contribution is 2.28. The van der Waals surface area contributed by atoms with E-state index in [4.69, 9.17) is 9.51 Å². The van der Waals surface area contributed by atoms with Crippen molar-refractivity contribution in [3.63, 3.8) is 0 Å². The molecule has 0 saturated carbocycles. The van der Waals surface area contributed by atoms with Crippen molar-refractivity contribution < 1.29 is 9.32 Å². The van der Waals surface area contributed by atoms with Gasteiger partial charge in [0, 0.05) is 44.0 Å². The summed E-state index contributed by atoms with van der Waals surface area (Å²) in [5.74, 6) is 2.27. The third-order valence-electron chi connectivity index (χ3n) is 6.39. The third-order valence-corrected chi connectivity index (χ3v) is 6.39. The van der Waals surface area contributed by atoms with Gasteiger partial charge in [-0.15, -0.1) is 0 Å². The van der Waals surface area contributed by atoms with E-state index in [0.717, 1.165) is 41.9 Å². The SMILES string of the molecule is Cc1cc(CC(=O)C2CCCN(c3nccc4nc(NCc5ccccc5C)ncc34)C2)no1.